The molecule has 3 heteroatoms. The first-order valence-corrected chi connectivity index (χ1v) is 4.72. The number of hydrogen-bond acceptors (Lipinski definition) is 2. The van der Waals surface area contributed by atoms with Gasteiger partial charge in [0.1, 0.15) is 5.82 Å². The summed E-state index contributed by atoms with van der Waals surface area (Å²) in [6.45, 7) is 1.91. The molecule has 2 nitrogen and oxygen atoms in total. The van der Waals surface area contributed by atoms with Gasteiger partial charge < -0.3 is 10.2 Å². The van der Waals surface area contributed by atoms with E-state index < -0.39 is 0 Å². The molecule has 0 bridgehead atoms. The van der Waals surface area contributed by atoms with Crippen molar-refractivity contribution in [3.05, 3.63) is 59.3 Å². The molecule has 15 heavy (non-hydrogen) atoms. The van der Waals surface area contributed by atoms with Crippen molar-refractivity contribution in [2.45, 2.75) is 13.0 Å². The van der Waals surface area contributed by atoms with Crippen molar-refractivity contribution < 1.29 is 8.81 Å². The van der Waals surface area contributed by atoms with Gasteiger partial charge in [0.05, 0.1) is 18.6 Å². The Bertz CT molecular complexity index is 451. The van der Waals surface area contributed by atoms with Gasteiger partial charge in [-0.2, -0.15) is 0 Å². The lowest BCUT2D eigenvalue weighted by atomic mass is 9.98. The Labute approximate surface area is 87.5 Å². The maximum absolute atomic E-state index is 13.1. The van der Waals surface area contributed by atoms with Crippen LogP contribution in [0, 0.1) is 12.7 Å². The molecule has 0 amide bonds. The van der Waals surface area contributed by atoms with Crippen molar-refractivity contribution in [2.75, 3.05) is 0 Å². The van der Waals surface area contributed by atoms with Crippen LogP contribution in [0.15, 0.2) is 41.2 Å². The van der Waals surface area contributed by atoms with Crippen molar-refractivity contribution >= 4 is 0 Å². The lowest BCUT2D eigenvalue weighted by Gasteiger charge is -2.12. The number of aryl methyl sites for hydroxylation is 1. The molecule has 0 fully saturated rings. The third-order valence-corrected chi connectivity index (χ3v) is 2.48. The average molecular weight is 205 g/mol. The van der Waals surface area contributed by atoms with Crippen LogP contribution in [0.4, 0.5) is 4.39 Å². The molecule has 0 aliphatic carbocycles. The summed E-state index contributed by atoms with van der Waals surface area (Å²) in [5.41, 5.74) is 8.62. The second kappa shape index (κ2) is 3.87. The number of furan rings is 1. The lowest BCUT2D eigenvalue weighted by Crippen LogP contribution is -2.12. The van der Waals surface area contributed by atoms with Crippen LogP contribution < -0.4 is 5.73 Å². The van der Waals surface area contributed by atoms with Gasteiger partial charge in [-0.25, -0.2) is 4.39 Å². The minimum atomic E-state index is -0.334. The van der Waals surface area contributed by atoms with Gasteiger partial charge in [-0.15, -0.1) is 0 Å². The second-order valence-corrected chi connectivity index (χ2v) is 3.54. The zero-order valence-electron chi connectivity index (χ0n) is 8.41. The summed E-state index contributed by atoms with van der Waals surface area (Å²) in [6, 6.07) is 6.08. The summed E-state index contributed by atoms with van der Waals surface area (Å²) >= 11 is 0. The Morgan fingerprint density at radius 2 is 2.13 bits per heavy atom. The van der Waals surface area contributed by atoms with Crippen LogP contribution in [0.3, 0.4) is 0 Å². The number of rotatable bonds is 2. The Hall–Kier alpha value is -1.61. The lowest BCUT2D eigenvalue weighted by molar-refractivity contribution is 0.561. The predicted octanol–water partition coefficient (Wildman–Crippen LogP) is 2.78. The first-order valence-electron chi connectivity index (χ1n) is 4.72. The van der Waals surface area contributed by atoms with Gasteiger partial charge in [0.15, 0.2) is 0 Å². The van der Waals surface area contributed by atoms with Gasteiger partial charge in [-0.1, -0.05) is 6.07 Å². The number of hydrogen-bond donors (Lipinski definition) is 1. The van der Waals surface area contributed by atoms with Crippen LogP contribution in [0.1, 0.15) is 22.7 Å². The quantitative estimate of drug-likeness (QED) is 0.818. The molecular weight excluding hydrogens is 193 g/mol. The first-order chi connectivity index (χ1) is 7.18. The summed E-state index contributed by atoms with van der Waals surface area (Å²) in [6.07, 6.45) is 3.14. The fourth-order valence-corrected chi connectivity index (χ4v) is 1.58. The molecule has 0 saturated carbocycles. The summed E-state index contributed by atoms with van der Waals surface area (Å²) in [5.74, 6) is -0.269. The van der Waals surface area contributed by atoms with Crippen LogP contribution in [0.25, 0.3) is 0 Å². The third-order valence-electron chi connectivity index (χ3n) is 2.48. The van der Waals surface area contributed by atoms with E-state index in [0.717, 1.165) is 16.7 Å². The molecule has 1 aromatic heterocycles. The number of halogens is 1. The standard InChI is InChI=1S/C12H12FNO/c1-8-2-3-10(13)6-11(8)12(14)9-4-5-15-7-9/h2-7,12H,14H2,1H3. The molecular formula is C12H12FNO. The van der Waals surface area contributed by atoms with Crippen molar-refractivity contribution in [1.82, 2.24) is 0 Å². The van der Waals surface area contributed by atoms with Crippen LogP contribution >= 0.6 is 0 Å². The number of nitrogens with two attached hydrogens (primary N) is 1. The van der Waals surface area contributed by atoms with Gasteiger partial charge in [-0.3, -0.25) is 0 Å². The molecule has 0 radical (unpaired) electrons. The summed E-state index contributed by atoms with van der Waals surface area (Å²) in [4.78, 5) is 0. The Kier molecular flexibility index (Phi) is 2.56. The molecule has 1 heterocycles. The van der Waals surface area contributed by atoms with E-state index in [2.05, 4.69) is 0 Å². The van der Waals surface area contributed by atoms with Crippen LogP contribution in [-0.4, -0.2) is 0 Å². The van der Waals surface area contributed by atoms with Gasteiger partial charge in [-0.05, 0) is 36.2 Å². The van der Waals surface area contributed by atoms with E-state index in [1.165, 1.54) is 12.1 Å². The minimum absolute atomic E-state index is 0.269. The fraction of sp³-hybridized carbons (Fsp3) is 0.167. The smallest absolute Gasteiger partial charge is 0.123 e. The maximum atomic E-state index is 13.1. The predicted molar refractivity (Wildman–Crippen MR) is 55.9 cm³/mol. The molecule has 0 spiro atoms. The highest BCUT2D eigenvalue weighted by Gasteiger charge is 2.13. The summed E-state index contributed by atoms with van der Waals surface area (Å²) in [7, 11) is 0. The number of benzene rings is 1. The van der Waals surface area contributed by atoms with E-state index in [4.69, 9.17) is 10.2 Å². The van der Waals surface area contributed by atoms with Crippen LogP contribution in [-0.2, 0) is 0 Å². The summed E-state index contributed by atoms with van der Waals surface area (Å²) in [5, 5.41) is 0. The average Bonchev–Trinajstić information content (AvgIpc) is 2.74. The molecule has 1 unspecified atom stereocenters. The fourth-order valence-electron chi connectivity index (χ4n) is 1.58. The monoisotopic (exact) mass is 205 g/mol. The van der Waals surface area contributed by atoms with E-state index in [1.807, 2.05) is 6.92 Å². The van der Waals surface area contributed by atoms with Gasteiger partial charge >= 0.3 is 0 Å². The minimum Gasteiger partial charge on any atom is -0.472 e. The topological polar surface area (TPSA) is 39.2 Å². The van der Waals surface area contributed by atoms with E-state index in [0.29, 0.717) is 0 Å². The third kappa shape index (κ3) is 1.92. The Morgan fingerprint density at radius 3 is 2.80 bits per heavy atom. The van der Waals surface area contributed by atoms with Crippen molar-refractivity contribution in [3.8, 4) is 0 Å². The highest BCUT2D eigenvalue weighted by Crippen LogP contribution is 2.23. The Morgan fingerprint density at radius 1 is 1.33 bits per heavy atom. The Balaban J connectivity index is 2.41. The van der Waals surface area contributed by atoms with Gasteiger partial charge in [0.2, 0.25) is 0 Å². The van der Waals surface area contributed by atoms with Crippen molar-refractivity contribution in [1.29, 1.82) is 0 Å². The molecule has 2 N–H and O–H groups in total. The molecule has 1 aromatic carbocycles. The van der Waals surface area contributed by atoms with E-state index in [1.54, 1.807) is 24.7 Å². The molecule has 0 aliphatic heterocycles. The van der Waals surface area contributed by atoms with Crippen LogP contribution in [0.5, 0.6) is 0 Å². The highest BCUT2D eigenvalue weighted by molar-refractivity contribution is 5.35. The van der Waals surface area contributed by atoms with Gasteiger partial charge in [0.25, 0.3) is 0 Å². The van der Waals surface area contributed by atoms with E-state index in [-0.39, 0.29) is 11.9 Å². The molecule has 1 atom stereocenters. The van der Waals surface area contributed by atoms with E-state index >= 15 is 0 Å². The molecule has 2 aromatic rings. The zero-order chi connectivity index (χ0) is 10.8. The second-order valence-electron chi connectivity index (χ2n) is 3.54. The highest BCUT2D eigenvalue weighted by atomic mass is 19.1. The normalized spacial score (nSPS) is 12.7. The largest absolute Gasteiger partial charge is 0.472 e. The molecule has 78 valence electrons. The maximum Gasteiger partial charge on any atom is 0.123 e. The summed E-state index contributed by atoms with van der Waals surface area (Å²) < 4.78 is 18.0. The SMILES string of the molecule is Cc1ccc(F)cc1C(N)c1ccoc1. The zero-order valence-corrected chi connectivity index (χ0v) is 8.41. The molecule has 2 rings (SSSR count). The van der Waals surface area contributed by atoms with Gasteiger partial charge in [0, 0.05) is 5.56 Å². The van der Waals surface area contributed by atoms with Crippen molar-refractivity contribution in [2.24, 2.45) is 5.73 Å². The first kappa shape index (κ1) is 9.93. The molecule has 0 aliphatic rings. The van der Waals surface area contributed by atoms with E-state index in [9.17, 15) is 4.39 Å². The van der Waals surface area contributed by atoms with Crippen LogP contribution in [0.2, 0.25) is 0 Å². The molecule has 0 saturated heterocycles. The van der Waals surface area contributed by atoms with Crippen molar-refractivity contribution in [3.63, 3.8) is 0 Å².